The third-order valence-corrected chi connectivity index (χ3v) is 10.8. The summed E-state index contributed by atoms with van der Waals surface area (Å²) in [6.45, 7) is 2.58. The van der Waals surface area contributed by atoms with Crippen LogP contribution in [0.1, 0.15) is 187 Å². The molecule has 0 spiro atoms. The number of carboxylic acid groups (broad SMARTS) is 1. The second kappa shape index (κ2) is 42.4. The summed E-state index contributed by atoms with van der Waals surface area (Å²) in [7, 11) is -4.78. The van der Waals surface area contributed by atoms with E-state index in [0.717, 1.165) is 38.5 Å². The zero-order valence-electron chi connectivity index (χ0n) is 37.9. The minimum atomic E-state index is -4.78. The lowest BCUT2D eigenvalue weighted by Crippen LogP contribution is -2.34. The summed E-state index contributed by atoms with van der Waals surface area (Å²) in [5.74, 6) is -2.61. The third kappa shape index (κ3) is 42.2. The lowest BCUT2D eigenvalue weighted by Gasteiger charge is -2.20. The first kappa shape index (κ1) is 58.1. The van der Waals surface area contributed by atoms with Gasteiger partial charge in [-0.25, -0.2) is 4.57 Å². The molecule has 0 aromatic heterocycles. The summed E-state index contributed by atoms with van der Waals surface area (Å²) in [6, 6.07) is -1.55. The Morgan fingerprint density at radius 2 is 1.07 bits per heavy atom. The van der Waals surface area contributed by atoms with Crippen molar-refractivity contribution in [3.8, 4) is 0 Å². The highest BCUT2D eigenvalue weighted by molar-refractivity contribution is 7.47. The number of carbonyl (C=O) groups excluding carboxylic acids is 2. The smallest absolute Gasteiger partial charge is 0.472 e. The van der Waals surface area contributed by atoms with Gasteiger partial charge in [-0.2, -0.15) is 0 Å². The molecule has 0 fully saturated rings. The molecule has 0 aliphatic carbocycles. The lowest BCUT2D eigenvalue weighted by molar-refractivity contribution is -0.161. The van der Waals surface area contributed by atoms with Crippen LogP contribution < -0.4 is 5.73 Å². The van der Waals surface area contributed by atoms with Crippen LogP contribution >= 0.6 is 7.82 Å². The van der Waals surface area contributed by atoms with E-state index in [4.69, 9.17) is 24.8 Å². The predicted octanol–water partition coefficient (Wildman–Crippen LogP) is 11.7. The average molecular weight is 882 g/mol. The fourth-order valence-corrected chi connectivity index (χ4v) is 6.88. The number of rotatable bonds is 43. The Hall–Kier alpha value is -2.86. The highest BCUT2D eigenvalue weighted by atomic mass is 31.2. The molecule has 0 heterocycles. The molecule has 0 saturated carbocycles. The number of allylic oxidation sites excluding steroid dienone is 9. The van der Waals surface area contributed by atoms with Crippen molar-refractivity contribution in [3.63, 3.8) is 0 Å². The molecule has 61 heavy (non-hydrogen) atoms. The van der Waals surface area contributed by atoms with E-state index in [1.54, 1.807) is 12.2 Å². The maximum Gasteiger partial charge on any atom is 0.472 e. The molecule has 13 heteroatoms. The summed E-state index contributed by atoms with van der Waals surface area (Å²) in [6.07, 6.45) is 46.0. The summed E-state index contributed by atoms with van der Waals surface area (Å²) in [5, 5.41) is 19.2. The molecule has 0 bridgehead atoms. The number of carboxylic acids is 1. The fraction of sp³-hybridized carbons (Fsp3) is 0.729. The van der Waals surface area contributed by atoms with Crippen LogP contribution in [0.5, 0.6) is 0 Å². The van der Waals surface area contributed by atoms with Crippen molar-refractivity contribution in [2.75, 3.05) is 19.8 Å². The van der Waals surface area contributed by atoms with E-state index in [-0.39, 0.29) is 12.8 Å². The Labute approximate surface area is 369 Å². The van der Waals surface area contributed by atoms with Gasteiger partial charge >= 0.3 is 25.7 Å². The molecule has 352 valence electrons. The number of hydrogen-bond donors (Lipinski definition) is 4. The Bertz CT molecular complexity index is 1280. The van der Waals surface area contributed by atoms with Gasteiger partial charge in [0.1, 0.15) is 12.6 Å². The van der Waals surface area contributed by atoms with Gasteiger partial charge in [0.05, 0.1) is 19.3 Å². The Morgan fingerprint density at radius 1 is 0.590 bits per heavy atom. The van der Waals surface area contributed by atoms with Crippen LogP contribution in [0, 0.1) is 0 Å². The first-order valence-electron chi connectivity index (χ1n) is 23.4. The van der Waals surface area contributed by atoms with Crippen LogP contribution in [-0.2, 0) is 37.5 Å². The summed E-state index contributed by atoms with van der Waals surface area (Å²) < 4.78 is 32.6. The highest BCUT2D eigenvalue weighted by Gasteiger charge is 2.28. The number of aliphatic hydroxyl groups is 1. The molecule has 0 amide bonds. The molecular weight excluding hydrogens is 797 g/mol. The van der Waals surface area contributed by atoms with Gasteiger partial charge in [0.25, 0.3) is 0 Å². The van der Waals surface area contributed by atoms with E-state index in [1.807, 2.05) is 12.2 Å². The molecule has 5 N–H and O–H groups in total. The normalized spacial score (nSPS) is 14.7. The number of aliphatic hydroxyl groups excluding tert-OH is 1. The van der Waals surface area contributed by atoms with Crippen molar-refractivity contribution in [3.05, 3.63) is 60.8 Å². The van der Waals surface area contributed by atoms with E-state index < -0.39 is 63.8 Å². The number of nitrogens with two attached hydrogens (primary N) is 1. The summed E-state index contributed by atoms with van der Waals surface area (Å²) >= 11 is 0. The SMILES string of the molecule is CCCCC/C=C\C/C=C\C/C=C\C=C\[C@H](O)CCCC(=O)O[C@H](COC(=O)CCCCCCCCCCC/C=C\CCCCCCCC)COP(=O)(O)OC[C@H](N)C(=O)O. The van der Waals surface area contributed by atoms with Crippen molar-refractivity contribution >= 4 is 25.7 Å². The molecular formula is C48H84NO11P. The summed E-state index contributed by atoms with van der Waals surface area (Å²) in [5.41, 5.74) is 5.33. The molecule has 0 aliphatic heterocycles. The van der Waals surface area contributed by atoms with Crippen molar-refractivity contribution < 1.29 is 52.6 Å². The summed E-state index contributed by atoms with van der Waals surface area (Å²) in [4.78, 5) is 46.1. The maximum atomic E-state index is 12.7. The van der Waals surface area contributed by atoms with Crippen LogP contribution in [0.25, 0.3) is 0 Å². The number of unbranched alkanes of at least 4 members (excludes halogenated alkanes) is 18. The zero-order valence-corrected chi connectivity index (χ0v) is 38.7. The van der Waals surface area contributed by atoms with Gasteiger partial charge in [-0.05, 0) is 70.6 Å². The third-order valence-electron chi connectivity index (χ3n) is 9.84. The molecule has 0 radical (unpaired) electrons. The van der Waals surface area contributed by atoms with Gasteiger partial charge in [0, 0.05) is 12.8 Å². The van der Waals surface area contributed by atoms with E-state index in [0.29, 0.717) is 19.3 Å². The Balaban J connectivity index is 4.49. The van der Waals surface area contributed by atoms with Crippen LogP contribution in [0.15, 0.2) is 60.8 Å². The second-order valence-electron chi connectivity index (χ2n) is 15.7. The standard InChI is InChI=1S/C48H84NO11P/c1-3-5-7-9-11-13-15-17-18-19-20-21-22-24-26-28-30-32-34-38-46(51)57-40-44(41-58-61(55,56)59-42-45(49)48(53)54)60-47(52)39-35-37-43(50)36-33-31-29-27-25-23-16-14-12-10-8-6-4-2/h12,14,17-18,23,25,29,31,33,36,43-45,50H,3-11,13,15-16,19-22,24,26-28,30,32,34-35,37-42,49H2,1-2H3,(H,53,54)(H,55,56)/b14-12-,18-17-,25-23-,31-29-,36-33+/t43-,44+,45-/m0/s1. The van der Waals surface area contributed by atoms with E-state index >= 15 is 0 Å². The first-order chi connectivity index (χ1) is 29.5. The van der Waals surface area contributed by atoms with Gasteiger partial charge in [-0.15, -0.1) is 0 Å². The number of phosphoric acid groups is 1. The van der Waals surface area contributed by atoms with Crippen LogP contribution in [0.3, 0.4) is 0 Å². The monoisotopic (exact) mass is 882 g/mol. The van der Waals surface area contributed by atoms with Crippen LogP contribution in [-0.4, -0.2) is 71.1 Å². The molecule has 1 unspecified atom stereocenters. The van der Waals surface area contributed by atoms with Crippen LogP contribution in [0.2, 0.25) is 0 Å². The number of hydrogen-bond acceptors (Lipinski definition) is 10. The van der Waals surface area contributed by atoms with Gasteiger partial charge < -0.3 is 30.3 Å². The number of phosphoric ester groups is 1. The number of aliphatic carboxylic acids is 1. The van der Waals surface area contributed by atoms with Gasteiger partial charge in [-0.1, -0.05) is 164 Å². The van der Waals surface area contributed by atoms with Crippen molar-refractivity contribution in [2.45, 2.75) is 205 Å². The molecule has 0 aromatic carbocycles. The first-order valence-corrected chi connectivity index (χ1v) is 24.9. The van der Waals surface area contributed by atoms with Crippen LogP contribution in [0.4, 0.5) is 0 Å². The minimum absolute atomic E-state index is 0.0690. The minimum Gasteiger partial charge on any atom is -0.480 e. The Kier molecular flexibility index (Phi) is 40.5. The average Bonchev–Trinajstić information content (AvgIpc) is 3.23. The van der Waals surface area contributed by atoms with Crippen molar-refractivity contribution in [1.82, 2.24) is 0 Å². The zero-order chi connectivity index (χ0) is 45.1. The van der Waals surface area contributed by atoms with E-state index in [9.17, 15) is 28.9 Å². The van der Waals surface area contributed by atoms with Gasteiger partial charge in [0.15, 0.2) is 6.10 Å². The topological polar surface area (TPSA) is 192 Å². The maximum absolute atomic E-state index is 12.7. The fourth-order valence-electron chi connectivity index (χ4n) is 6.10. The molecule has 0 rings (SSSR count). The molecule has 4 atom stereocenters. The largest absolute Gasteiger partial charge is 0.480 e. The molecule has 12 nitrogen and oxygen atoms in total. The molecule has 0 aromatic rings. The molecule has 0 aliphatic rings. The number of esters is 2. The van der Waals surface area contributed by atoms with Gasteiger partial charge in [0.2, 0.25) is 0 Å². The quantitative estimate of drug-likeness (QED) is 0.0149. The molecule has 0 saturated heterocycles. The van der Waals surface area contributed by atoms with E-state index in [2.05, 4.69) is 54.8 Å². The highest BCUT2D eigenvalue weighted by Crippen LogP contribution is 2.43. The second-order valence-corrected chi connectivity index (χ2v) is 17.2. The predicted molar refractivity (Wildman–Crippen MR) is 246 cm³/mol. The van der Waals surface area contributed by atoms with Gasteiger partial charge in [-0.3, -0.25) is 23.4 Å². The Morgan fingerprint density at radius 3 is 1.67 bits per heavy atom. The number of ether oxygens (including phenoxy) is 2. The van der Waals surface area contributed by atoms with Crippen molar-refractivity contribution in [1.29, 1.82) is 0 Å². The van der Waals surface area contributed by atoms with Crippen molar-refractivity contribution in [2.24, 2.45) is 5.73 Å². The lowest BCUT2D eigenvalue weighted by atomic mass is 10.1. The number of carbonyl (C=O) groups is 3. The van der Waals surface area contributed by atoms with E-state index in [1.165, 1.54) is 103 Å².